The molecule has 108 valence electrons. The highest BCUT2D eigenvalue weighted by Crippen LogP contribution is 2.12. The van der Waals surface area contributed by atoms with E-state index in [0.717, 1.165) is 18.6 Å². The lowest BCUT2D eigenvalue weighted by atomic mass is 10.1. The minimum atomic E-state index is 0.647. The summed E-state index contributed by atoms with van der Waals surface area (Å²) in [5.74, 6) is 0. The van der Waals surface area contributed by atoms with Crippen LogP contribution in [0.2, 0.25) is 0 Å². The summed E-state index contributed by atoms with van der Waals surface area (Å²) in [6, 6.07) is 14.5. The Kier molecular flexibility index (Phi) is 4.28. The largest absolute Gasteiger partial charge is 0.380 e. The quantitative estimate of drug-likeness (QED) is 0.755. The van der Waals surface area contributed by atoms with E-state index in [0.29, 0.717) is 6.61 Å². The minimum Gasteiger partial charge on any atom is -0.380 e. The average Bonchev–Trinajstić information content (AvgIpc) is 2.93. The Labute approximate surface area is 124 Å². The molecule has 0 aliphatic carbocycles. The second-order valence-electron chi connectivity index (χ2n) is 5.01. The lowest BCUT2D eigenvalue weighted by molar-refractivity contribution is 0.184. The van der Waals surface area contributed by atoms with Gasteiger partial charge < -0.3 is 10.1 Å². The topological polar surface area (TPSA) is 38.6 Å². The van der Waals surface area contributed by atoms with Crippen LogP contribution in [-0.2, 0) is 24.4 Å². The Morgan fingerprint density at radius 1 is 1.00 bits per heavy atom. The molecule has 4 nitrogen and oxygen atoms in total. The number of nitrogens with one attached hydrogen (secondary N) is 1. The van der Waals surface area contributed by atoms with E-state index in [1.807, 2.05) is 35.1 Å². The first kappa shape index (κ1) is 13.8. The maximum Gasteiger partial charge on any atom is 0.0716 e. The van der Waals surface area contributed by atoms with Gasteiger partial charge in [-0.25, -0.2) is 4.52 Å². The highest BCUT2D eigenvalue weighted by Gasteiger charge is 2.04. The minimum absolute atomic E-state index is 0.647. The second-order valence-corrected chi connectivity index (χ2v) is 5.01. The van der Waals surface area contributed by atoms with Crippen molar-refractivity contribution in [2.24, 2.45) is 0 Å². The number of aromatic nitrogens is 2. The molecule has 3 rings (SSSR count). The summed E-state index contributed by atoms with van der Waals surface area (Å²) in [4.78, 5) is 0. The molecule has 2 aromatic heterocycles. The predicted molar refractivity (Wildman–Crippen MR) is 82.9 cm³/mol. The third-order valence-corrected chi connectivity index (χ3v) is 3.56. The number of hydrogen-bond donors (Lipinski definition) is 1. The molecule has 0 atom stereocenters. The zero-order valence-corrected chi connectivity index (χ0v) is 12.1. The van der Waals surface area contributed by atoms with Crippen LogP contribution in [0.4, 0.5) is 0 Å². The van der Waals surface area contributed by atoms with Gasteiger partial charge in [-0.2, -0.15) is 5.10 Å². The van der Waals surface area contributed by atoms with Crippen molar-refractivity contribution in [2.75, 3.05) is 7.11 Å². The van der Waals surface area contributed by atoms with Gasteiger partial charge in [0, 0.05) is 32.0 Å². The van der Waals surface area contributed by atoms with Gasteiger partial charge in [0.1, 0.15) is 0 Å². The number of rotatable bonds is 6. The van der Waals surface area contributed by atoms with Crippen molar-refractivity contribution in [1.82, 2.24) is 14.9 Å². The fourth-order valence-electron chi connectivity index (χ4n) is 2.48. The first-order valence-electron chi connectivity index (χ1n) is 7.06. The predicted octanol–water partition coefficient (Wildman–Crippen LogP) is 2.77. The van der Waals surface area contributed by atoms with Crippen molar-refractivity contribution in [1.29, 1.82) is 0 Å². The molecule has 0 radical (unpaired) electrons. The smallest absolute Gasteiger partial charge is 0.0716 e. The second kappa shape index (κ2) is 6.52. The zero-order chi connectivity index (χ0) is 14.5. The molecule has 0 bridgehead atoms. The van der Waals surface area contributed by atoms with Crippen LogP contribution in [0.15, 0.2) is 54.9 Å². The molecule has 1 aromatic carbocycles. The number of pyridine rings is 1. The van der Waals surface area contributed by atoms with E-state index in [1.165, 1.54) is 16.7 Å². The molecule has 2 heterocycles. The average molecular weight is 281 g/mol. The number of ether oxygens (including phenoxy) is 1. The molecule has 4 heteroatoms. The number of hydrogen-bond acceptors (Lipinski definition) is 3. The van der Waals surface area contributed by atoms with Crippen LogP contribution >= 0.6 is 0 Å². The van der Waals surface area contributed by atoms with E-state index < -0.39 is 0 Å². The van der Waals surface area contributed by atoms with Crippen LogP contribution < -0.4 is 5.32 Å². The van der Waals surface area contributed by atoms with E-state index in [2.05, 4.69) is 34.7 Å². The summed E-state index contributed by atoms with van der Waals surface area (Å²) in [7, 11) is 1.73. The molecule has 0 aliphatic rings. The third kappa shape index (κ3) is 3.12. The van der Waals surface area contributed by atoms with Gasteiger partial charge in [-0.15, -0.1) is 0 Å². The van der Waals surface area contributed by atoms with Gasteiger partial charge in [0.25, 0.3) is 0 Å². The highest BCUT2D eigenvalue weighted by molar-refractivity contribution is 5.53. The molecule has 3 aromatic rings. The molecule has 0 saturated carbocycles. The van der Waals surface area contributed by atoms with Crippen LogP contribution in [0.1, 0.15) is 16.7 Å². The fourth-order valence-corrected chi connectivity index (χ4v) is 2.48. The van der Waals surface area contributed by atoms with Crippen molar-refractivity contribution in [3.05, 3.63) is 71.5 Å². The maximum absolute atomic E-state index is 5.24. The summed E-state index contributed by atoms with van der Waals surface area (Å²) in [5.41, 5.74) is 4.86. The maximum atomic E-state index is 5.24. The Morgan fingerprint density at radius 3 is 2.62 bits per heavy atom. The fraction of sp³-hybridized carbons (Fsp3) is 0.235. The number of fused-ring (bicyclic) bond motifs is 1. The van der Waals surface area contributed by atoms with Crippen LogP contribution in [-0.4, -0.2) is 16.7 Å². The number of nitrogens with zero attached hydrogens (tertiary/aromatic N) is 2. The third-order valence-electron chi connectivity index (χ3n) is 3.56. The molecular formula is C17H19N3O. The standard InChI is InChI=1S/C17H19N3O/c1-21-13-15-7-3-2-6-14(15)10-18-11-16-12-19-20-9-5-4-8-17(16)20/h2-9,12,18H,10-11,13H2,1H3. The Balaban J connectivity index is 1.66. The van der Waals surface area contributed by atoms with Gasteiger partial charge in [0.05, 0.1) is 18.3 Å². The first-order chi connectivity index (χ1) is 10.4. The molecule has 21 heavy (non-hydrogen) atoms. The van der Waals surface area contributed by atoms with Gasteiger partial charge in [0.2, 0.25) is 0 Å². The lowest BCUT2D eigenvalue weighted by Crippen LogP contribution is -2.14. The van der Waals surface area contributed by atoms with Crippen LogP contribution in [0.25, 0.3) is 5.52 Å². The van der Waals surface area contributed by atoms with Crippen molar-refractivity contribution < 1.29 is 4.74 Å². The SMILES string of the molecule is COCc1ccccc1CNCc1cnn2ccccc12. The van der Waals surface area contributed by atoms with Crippen LogP contribution in [0, 0.1) is 0 Å². The molecule has 0 saturated heterocycles. The van der Waals surface area contributed by atoms with E-state index in [9.17, 15) is 0 Å². The molecular weight excluding hydrogens is 262 g/mol. The Bertz CT molecular complexity index is 721. The van der Waals surface area contributed by atoms with E-state index in [-0.39, 0.29) is 0 Å². The van der Waals surface area contributed by atoms with Crippen molar-refractivity contribution in [2.45, 2.75) is 19.7 Å². The summed E-state index contributed by atoms with van der Waals surface area (Å²) in [6.07, 6.45) is 3.89. The Morgan fingerprint density at radius 2 is 1.76 bits per heavy atom. The van der Waals surface area contributed by atoms with Crippen molar-refractivity contribution in [3.63, 3.8) is 0 Å². The molecule has 0 amide bonds. The molecule has 0 unspecified atom stereocenters. The summed E-state index contributed by atoms with van der Waals surface area (Å²) >= 11 is 0. The summed E-state index contributed by atoms with van der Waals surface area (Å²) < 4.78 is 7.14. The van der Waals surface area contributed by atoms with E-state index in [1.54, 1.807) is 7.11 Å². The van der Waals surface area contributed by atoms with Gasteiger partial charge in [-0.1, -0.05) is 30.3 Å². The monoisotopic (exact) mass is 281 g/mol. The van der Waals surface area contributed by atoms with Gasteiger partial charge in [-0.3, -0.25) is 0 Å². The molecule has 1 N–H and O–H groups in total. The number of benzene rings is 1. The van der Waals surface area contributed by atoms with Crippen LogP contribution in [0.5, 0.6) is 0 Å². The molecule has 0 fully saturated rings. The van der Waals surface area contributed by atoms with Gasteiger partial charge in [0.15, 0.2) is 0 Å². The van der Waals surface area contributed by atoms with E-state index >= 15 is 0 Å². The lowest BCUT2D eigenvalue weighted by Gasteiger charge is -2.09. The van der Waals surface area contributed by atoms with Crippen molar-refractivity contribution in [3.8, 4) is 0 Å². The Hall–Kier alpha value is -2.17. The normalized spacial score (nSPS) is 11.1. The molecule has 0 spiro atoms. The first-order valence-corrected chi connectivity index (χ1v) is 7.06. The van der Waals surface area contributed by atoms with E-state index in [4.69, 9.17) is 4.74 Å². The number of methoxy groups -OCH3 is 1. The van der Waals surface area contributed by atoms with Crippen LogP contribution in [0.3, 0.4) is 0 Å². The van der Waals surface area contributed by atoms with Gasteiger partial charge >= 0.3 is 0 Å². The summed E-state index contributed by atoms with van der Waals surface area (Å²) in [6.45, 7) is 2.27. The van der Waals surface area contributed by atoms with Crippen molar-refractivity contribution >= 4 is 5.52 Å². The van der Waals surface area contributed by atoms with Gasteiger partial charge in [-0.05, 0) is 23.3 Å². The highest BCUT2D eigenvalue weighted by atomic mass is 16.5. The summed E-state index contributed by atoms with van der Waals surface area (Å²) in [5, 5.41) is 7.83. The zero-order valence-electron chi connectivity index (χ0n) is 12.1. The molecule has 0 aliphatic heterocycles.